The summed E-state index contributed by atoms with van der Waals surface area (Å²) < 4.78 is 46.6. The summed E-state index contributed by atoms with van der Waals surface area (Å²) in [6.45, 7) is 0.547. The fourth-order valence-corrected chi connectivity index (χ4v) is 4.12. The minimum atomic E-state index is -4.74. The second-order valence-corrected chi connectivity index (χ2v) is 7.38. The van der Waals surface area contributed by atoms with Crippen molar-refractivity contribution >= 4 is 11.6 Å². The van der Waals surface area contributed by atoms with E-state index in [9.17, 15) is 18.0 Å². The molecule has 1 aromatic heterocycles. The second-order valence-electron chi connectivity index (χ2n) is 7.38. The Morgan fingerprint density at radius 2 is 1.69 bits per heavy atom. The summed E-state index contributed by atoms with van der Waals surface area (Å²) in [4.78, 5) is 22.9. The minimum absolute atomic E-state index is 0.0244. The van der Waals surface area contributed by atoms with Crippen molar-refractivity contribution in [3.05, 3.63) is 42.7 Å². The van der Waals surface area contributed by atoms with Gasteiger partial charge < -0.3 is 14.4 Å². The summed E-state index contributed by atoms with van der Waals surface area (Å²) in [5.41, 5.74) is 0.149. The lowest BCUT2D eigenvalue weighted by Gasteiger charge is -2.35. The molecule has 1 saturated heterocycles. The topological polar surface area (TPSA) is 64.6 Å². The standard InChI is InChI=1S/C20H20F3N3O3/c21-20(22,23)29-16-4-2-14(3-5-16)26-13-10-19(17(26)27)8-6-15(7-9-19)28-18-24-11-1-12-25-18/h1-5,11-12,15H,6-10,13H2/t15-,19-. The van der Waals surface area contributed by atoms with Crippen LogP contribution >= 0.6 is 0 Å². The predicted molar refractivity (Wildman–Crippen MR) is 97.4 cm³/mol. The summed E-state index contributed by atoms with van der Waals surface area (Å²) in [6.07, 6.45) is 2.08. The Bertz CT molecular complexity index is 851. The molecule has 2 heterocycles. The molecule has 2 fully saturated rings. The fraction of sp³-hybridized carbons (Fsp3) is 0.450. The molecule has 0 bridgehead atoms. The van der Waals surface area contributed by atoms with Crippen LogP contribution < -0.4 is 14.4 Å². The maximum absolute atomic E-state index is 13.1. The average Bonchev–Trinajstić information content (AvgIpc) is 3.00. The van der Waals surface area contributed by atoms with Crippen LogP contribution in [-0.4, -0.2) is 34.9 Å². The van der Waals surface area contributed by atoms with Gasteiger partial charge in [-0.15, -0.1) is 13.2 Å². The molecule has 0 N–H and O–H groups in total. The molecule has 0 unspecified atom stereocenters. The molecule has 1 spiro atoms. The van der Waals surface area contributed by atoms with Gasteiger partial charge in [0.1, 0.15) is 11.9 Å². The monoisotopic (exact) mass is 407 g/mol. The van der Waals surface area contributed by atoms with Crippen molar-refractivity contribution in [1.82, 2.24) is 9.97 Å². The molecule has 1 saturated carbocycles. The first-order valence-electron chi connectivity index (χ1n) is 9.46. The second kappa shape index (κ2) is 7.53. The van der Waals surface area contributed by atoms with Gasteiger partial charge in [-0.2, -0.15) is 0 Å². The minimum Gasteiger partial charge on any atom is -0.460 e. The van der Waals surface area contributed by atoms with Crippen LogP contribution in [0.1, 0.15) is 32.1 Å². The van der Waals surface area contributed by atoms with Crippen molar-refractivity contribution in [3.63, 3.8) is 0 Å². The number of carbonyl (C=O) groups excluding carboxylic acids is 1. The van der Waals surface area contributed by atoms with E-state index in [4.69, 9.17) is 4.74 Å². The van der Waals surface area contributed by atoms with Crippen molar-refractivity contribution in [2.75, 3.05) is 11.4 Å². The molecular formula is C20H20F3N3O3. The number of carbonyl (C=O) groups is 1. The smallest absolute Gasteiger partial charge is 0.460 e. The molecule has 2 aromatic rings. The summed E-state index contributed by atoms with van der Waals surface area (Å²) in [5, 5.41) is 0. The van der Waals surface area contributed by atoms with Crippen LogP contribution in [0.15, 0.2) is 42.7 Å². The Balaban J connectivity index is 1.38. The molecule has 29 heavy (non-hydrogen) atoms. The highest BCUT2D eigenvalue weighted by Gasteiger charge is 2.49. The lowest BCUT2D eigenvalue weighted by Crippen LogP contribution is -2.39. The number of alkyl halides is 3. The zero-order chi connectivity index (χ0) is 20.5. The van der Waals surface area contributed by atoms with Crippen LogP contribution in [0.2, 0.25) is 0 Å². The summed E-state index contributed by atoms with van der Waals surface area (Å²) in [6, 6.07) is 7.49. The van der Waals surface area contributed by atoms with Gasteiger partial charge in [0, 0.05) is 24.6 Å². The fourth-order valence-electron chi connectivity index (χ4n) is 4.12. The van der Waals surface area contributed by atoms with E-state index in [-0.39, 0.29) is 17.8 Å². The lowest BCUT2D eigenvalue weighted by atomic mass is 9.72. The van der Waals surface area contributed by atoms with Gasteiger partial charge in [-0.3, -0.25) is 4.79 Å². The summed E-state index contributed by atoms with van der Waals surface area (Å²) in [5.74, 6) is -0.278. The Morgan fingerprint density at radius 3 is 2.31 bits per heavy atom. The number of aromatic nitrogens is 2. The van der Waals surface area contributed by atoms with Crippen molar-refractivity contribution in [2.24, 2.45) is 5.41 Å². The number of anilines is 1. The van der Waals surface area contributed by atoms with Gasteiger partial charge in [-0.05, 0) is 62.4 Å². The molecule has 2 aliphatic rings. The van der Waals surface area contributed by atoms with Crippen molar-refractivity contribution in [3.8, 4) is 11.8 Å². The number of halogens is 3. The van der Waals surface area contributed by atoms with Crippen LogP contribution in [0.4, 0.5) is 18.9 Å². The molecule has 6 nitrogen and oxygen atoms in total. The van der Waals surface area contributed by atoms with Crippen LogP contribution in [0.5, 0.6) is 11.8 Å². The van der Waals surface area contributed by atoms with E-state index >= 15 is 0 Å². The van der Waals surface area contributed by atoms with E-state index in [1.54, 1.807) is 23.4 Å². The Hall–Kier alpha value is -2.84. The highest BCUT2D eigenvalue weighted by molar-refractivity contribution is 6.00. The number of ether oxygens (including phenoxy) is 2. The van der Waals surface area contributed by atoms with Gasteiger partial charge in [0.25, 0.3) is 0 Å². The molecule has 0 atom stereocenters. The maximum atomic E-state index is 13.1. The van der Waals surface area contributed by atoms with E-state index in [0.717, 1.165) is 19.3 Å². The quantitative estimate of drug-likeness (QED) is 0.763. The Kier molecular flexibility index (Phi) is 5.06. The Morgan fingerprint density at radius 1 is 1.03 bits per heavy atom. The molecular weight excluding hydrogens is 387 g/mol. The molecule has 0 radical (unpaired) electrons. The third kappa shape index (κ3) is 4.28. The lowest BCUT2D eigenvalue weighted by molar-refractivity contribution is -0.274. The van der Waals surface area contributed by atoms with E-state index in [1.165, 1.54) is 24.3 Å². The van der Waals surface area contributed by atoms with E-state index < -0.39 is 11.8 Å². The molecule has 1 aromatic carbocycles. The predicted octanol–water partition coefficient (Wildman–Crippen LogP) is 4.12. The van der Waals surface area contributed by atoms with Crippen molar-refractivity contribution in [1.29, 1.82) is 0 Å². The maximum Gasteiger partial charge on any atom is 0.573 e. The van der Waals surface area contributed by atoms with Gasteiger partial charge in [0.15, 0.2) is 0 Å². The van der Waals surface area contributed by atoms with Crippen LogP contribution in [0.3, 0.4) is 0 Å². The highest BCUT2D eigenvalue weighted by Crippen LogP contribution is 2.46. The van der Waals surface area contributed by atoms with E-state index in [2.05, 4.69) is 14.7 Å². The summed E-state index contributed by atoms with van der Waals surface area (Å²) in [7, 11) is 0. The largest absolute Gasteiger partial charge is 0.573 e. The van der Waals surface area contributed by atoms with Gasteiger partial charge in [0.2, 0.25) is 5.91 Å². The Labute approximate surface area is 165 Å². The van der Waals surface area contributed by atoms with Crippen LogP contribution in [-0.2, 0) is 4.79 Å². The zero-order valence-electron chi connectivity index (χ0n) is 15.6. The molecule has 1 aliphatic carbocycles. The third-order valence-corrected chi connectivity index (χ3v) is 5.60. The van der Waals surface area contributed by atoms with E-state index in [1.807, 2.05) is 0 Å². The normalized spacial score (nSPS) is 24.7. The average molecular weight is 407 g/mol. The number of benzene rings is 1. The first-order chi connectivity index (χ1) is 13.8. The van der Waals surface area contributed by atoms with Crippen LogP contribution in [0.25, 0.3) is 0 Å². The molecule has 154 valence electrons. The van der Waals surface area contributed by atoms with Crippen molar-refractivity contribution < 1.29 is 27.4 Å². The number of hydrogen-bond acceptors (Lipinski definition) is 5. The van der Waals surface area contributed by atoms with E-state index in [0.29, 0.717) is 31.1 Å². The number of nitrogens with zero attached hydrogens (tertiary/aromatic N) is 3. The highest BCUT2D eigenvalue weighted by atomic mass is 19.4. The summed E-state index contributed by atoms with van der Waals surface area (Å²) >= 11 is 0. The van der Waals surface area contributed by atoms with Gasteiger partial charge in [-0.1, -0.05) is 0 Å². The van der Waals surface area contributed by atoms with Gasteiger partial charge in [0.05, 0.1) is 5.41 Å². The number of hydrogen-bond donors (Lipinski definition) is 0. The first kappa shape index (κ1) is 19.5. The molecule has 1 amide bonds. The molecule has 1 aliphatic heterocycles. The molecule has 4 rings (SSSR count). The number of amides is 1. The van der Waals surface area contributed by atoms with Gasteiger partial charge in [-0.25, -0.2) is 9.97 Å². The SMILES string of the molecule is O=C1N(c2ccc(OC(F)(F)F)cc2)CC[C@]12CC[C@@H](Oc1ncccn1)CC2. The van der Waals surface area contributed by atoms with Crippen molar-refractivity contribution in [2.45, 2.75) is 44.6 Å². The third-order valence-electron chi connectivity index (χ3n) is 5.60. The van der Waals surface area contributed by atoms with Gasteiger partial charge >= 0.3 is 12.4 Å². The zero-order valence-corrected chi connectivity index (χ0v) is 15.6. The molecule has 9 heteroatoms. The first-order valence-corrected chi connectivity index (χ1v) is 9.46. The van der Waals surface area contributed by atoms with Crippen LogP contribution in [0, 0.1) is 5.41 Å². The number of rotatable bonds is 4.